The molecule has 1 aromatic carbocycles. The van der Waals surface area contributed by atoms with Gasteiger partial charge in [-0.25, -0.2) is 4.98 Å². The Morgan fingerprint density at radius 2 is 2.12 bits per heavy atom. The lowest BCUT2D eigenvalue weighted by Gasteiger charge is -2.30. The van der Waals surface area contributed by atoms with Crippen molar-refractivity contribution in [1.29, 1.82) is 0 Å². The molecule has 174 valence electrons. The molecule has 1 aromatic heterocycles. The largest absolute Gasteiger partial charge is 0.507 e. The number of phenols is 1. The van der Waals surface area contributed by atoms with Crippen LogP contribution in [0.4, 0.5) is 5.82 Å². The van der Waals surface area contributed by atoms with E-state index < -0.39 is 17.7 Å². The van der Waals surface area contributed by atoms with Crippen LogP contribution in [0.3, 0.4) is 0 Å². The summed E-state index contributed by atoms with van der Waals surface area (Å²) in [7, 11) is 0. The first-order valence-corrected chi connectivity index (χ1v) is 11.8. The van der Waals surface area contributed by atoms with Gasteiger partial charge < -0.3 is 26.2 Å². The van der Waals surface area contributed by atoms with E-state index in [1.807, 2.05) is 12.1 Å². The molecule has 1 saturated heterocycles. The summed E-state index contributed by atoms with van der Waals surface area (Å²) in [6.45, 7) is 3.82. The summed E-state index contributed by atoms with van der Waals surface area (Å²) in [6, 6.07) is 7.21. The second-order valence-electron chi connectivity index (χ2n) is 9.43. The fraction of sp³-hybridized carbons (Fsp3) is 0.480. The Balaban J connectivity index is 1.62. The zero-order valence-corrected chi connectivity index (χ0v) is 18.8. The molecule has 5 N–H and O–H groups in total. The molecule has 3 aliphatic rings. The third-order valence-electron chi connectivity index (χ3n) is 7.06. The van der Waals surface area contributed by atoms with Gasteiger partial charge in [0.2, 0.25) is 11.8 Å². The second kappa shape index (κ2) is 8.67. The molecule has 0 bridgehead atoms. The number of pyridine rings is 1. The Hall–Kier alpha value is -3.13. The van der Waals surface area contributed by atoms with Crippen LogP contribution < -0.4 is 21.1 Å². The predicted octanol–water partition coefficient (Wildman–Crippen LogP) is 2.69. The monoisotopic (exact) mass is 450 g/mol. The maximum Gasteiger partial charge on any atom is 0.238 e. The van der Waals surface area contributed by atoms with E-state index in [9.17, 15) is 14.7 Å². The number of aromatic hydroxyl groups is 1. The van der Waals surface area contributed by atoms with Crippen molar-refractivity contribution in [3.8, 4) is 22.8 Å². The number of hydrogen-bond donors (Lipinski definition) is 4. The van der Waals surface area contributed by atoms with Gasteiger partial charge in [0, 0.05) is 6.54 Å². The Morgan fingerprint density at radius 1 is 1.30 bits per heavy atom. The highest BCUT2D eigenvalue weighted by molar-refractivity contribution is 6.08. The lowest BCUT2D eigenvalue weighted by Crippen LogP contribution is -2.40. The van der Waals surface area contributed by atoms with Gasteiger partial charge in [0.15, 0.2) is 0 Å². The van der Waals surface area contributed by atoms with Crippen LogP contribution >= 0.6 is 0 Å². The highest BCUT2D eigenvalue weighted by atomic mass is 16.5. The molecule has 2 amide bonds. The molecule has 2 aromatic rings. The molecule has 1 aliphatic carbocycles. The molecule has 3 unspecified atom stereocenters. The van der Waals surface area contributed by atoms with Crippen molar-refractivity contribution in [2.75, 3.05) is 18.4 Å². The van der Waals surface area contributed by atoms with Crippen molar-refractivity contribution in [2.45, 2.75) is 51.0 Å². The minimum atomic E-state index is -0.913. The van der Waals surface area contributed by atoms with Crippen LogP contribution in [-0.2, 0) is 16.0 Å². The molecule has 8 nitrogen and oxygen atoms in total. The summed E-state index contributed by atoms with van der Waals surface area (Å²) in [5.41, 5.74) is 8.43. The van der Waals surface area contributed by atoms with E-state index in [-0.39, 0.29) is 24.2 Å². The quantitative estimate of drug-likeness (QED) is 0.501. The number of anilines is 1. The summed E-state index contributed by atoms with van der Waals surface area (Å²) in [4.78, 5) is 29.2. The fourth-order valence-corrected chi connectivity index (χ4v) is 4.99. The Labute approximate surface area is 192 Å². The van der Waals surface area contributed by atoms with Gasteiger partial charge in [-0.05, 0) is 86.7 Å². The summed E-state index contributed by atoms with van der Waals surface area (Å²) < 4.78 is 6.24. The van der Waals surface area contributed by atoms with Crippen molar-refractivity contribution >= 4 is 17.6 Å². The van der Waals surface area contributed by atoms with Gasteiger partial charge in [-0.1, -0.05) is 6.07 Å². The highest BCUT2D eigenvalue weighted by Crippen LogP contribution is 2.43. The van der Waals surface area contributed by atoms with Crippen molar-refractivity contribution in [1.82, 2.24) is 10.3 Å². The topological polar surface area (TPSA) is 127 Å². The summed E-state index contributed by atoms with van der Waals surface area (Å²) in [5, 5.41) is 17.0. The Bertz CT molecular complexity index is 1090. The third-order valence-corrected chi connectivity index (χ3v) is 7.06. The lowest BCUT2D eigenvalue weighted by molar-refractivity contribution is -0.130. The first-order valence-electron chi connectivity index (χ1n) is 11.8. The molecular weight excluding hydrogens is 420 g/mol. The van der Waals surface area contributed by atoms with E-state index in [0.29, 0.717) is 28.7 Å². The molecule has 1 saturated carbocycles. The van der Waals surface area contributed by atoms with Gasteiger partial charge in [-0.15, -0.1) is 0 Å². The number of carbonyl (C=O) groups is 2. The molecule has 3 atom stereocenters. The van der Waals surface area contributed by atoms with Crippen molar-refractivity contribution in [3.05, 3.63) is 35.4 Å². The molecule has 5 rings (SSSR count). The maximum absolute atomic E-state index is 12.6. The number of amides is 2. The number of aromatic nitrogens is 1. The Kier molecular flexibility index (Phi) is 5.70. The smallest absolute Gasteiger partial charge is 0.238 e. The van der Waals surface area contributed by atoms with E-state index in [1.54, 1.807) is 12.1 Å². The number of phenolic OH excluding ortho intramolecular Hbond substituents is 1. The highest BCUT2D eigenvalue weighted by Gasteiger charge is 2.35. The molecule has 0 spiro atoms. The zero-order valence-electron chi connectivity index (χ0n) is 18.8. The average Bonchev–Trinajstić information content (AvgIpc) is 3.64. The van der Waals surface area contributed by atoms with Crippen LogP contribution in [0.2, 0.25) is 0 Å². The number of rotatable bonds is 6. The number of hydrogen-bond acceptors (Lipinski definition) is 6. The maximum atomic E-state index is 12.6. The van der Waals surface area contributed by atoms with Crippen LogP contribution in [0.1, 0.15) is 49.7 Å². The van der Waals surface area contributed by atoms with E-state index in [0.717, 1.165) is 49.9 Å². The van der Waals surface area contributed by atoms with Crippen LogP contribution in [0, 0.1) is 11.8 Å². The number of piperidine rings is 1. The van der Waals surface area contributed by atoms with Crippen LogP contribution in [0.15, 0.2) is 24.3 Å². The minimum Gasteiger partial charge on any atom is -0.507 e. The molecule has 8 heteroatoms. The van der Waals surface area contributed by atoms with Gasteiger partial charge in [-0.3, -0.25) is 9.59 Å². The standard InChI is InChI=1S/C25H30N4O4/c1-13(14-7-8-14)33-21-6-2-5-20(30)22(21)19-11-16(15-4-3-9-27-12-15)17-10-18(23(26)31)25(32)29-24(17)28-19/h2,5-6,11,13-15,18,27,30H,3-4,7-10,12H2,1H3,(H2,26,31)(H,28,29,32). The number of fused-ring (bicyclic) bond motifs is 1. The van der Waals surface area contributed by atoms with E-state index in [2.05, 4.69) is 17.6 Å². The number of nitrogens with zero attached hydrogens (tertiary/aromatic N) is 1. The normalized spacial score (nSPS) is 23.4. The predicted molar refractivity (Wildman–Crippen MR) is 124 cm³/mol. The van der Waals surface area contributed by atoms with Gasteiger partial charge in [0.25, 0.3) is 0 Å². The van der Waals surface area contributed by atoms with Crippen LogP contribution in [0.25, 0.3) is 11.3 Å². The van der Waals surface area contributed by atoms with Gasteiger partial charge in [0.1, 0.15) is 23.2 Å². The lowest BCUT2D eigenvalue weighted by atomic mass is 9.83. The minimum absolute atomic E-state index is 0.0428. The first-order chi connectivity index (χ1) is 15.9. The summed E-state index contributed by atoms with van der Waals surface area (Å²) in [5.74, 6) is -0.170. The number of nitrogens with two attached hydrogens (primary N) is 1. The van der Waals surface area contributed by atoms with Crippen molar-refractivity contribution < 1.29 is 19.4 Å². The first kappa shape index (κ1) is 21.7. The molecule has 0 radical (unpaired) electrons. The summed E-state index contributed by atoms with van der Waals surface area (Å²) >= 11 is 0. The van der Waals surface area contributed by atoms with Gasteiger partial charge >= 0.3 is 0 Å². The number of ether oxygens (including phenoxy) is 1. The third kappa shape index (κ3) is 4.27. The van der Waals surface area contributed by atoms with E-state index in [4.69, 9.17) is 15.5 Å². The van der Waals surface area contributed by atoms with E-state index in [1.165, 1.54) is 0 Å². The van der Waals surface area contributed by atoms with Crippen molar-refractivity contribution in [2.24, 2.45) is 17.6 Å². The molecule has 2 aliphatic heterocycles. The van der Waals surface area contributed by atoms with Crippen LogP contribution in [0.5, 0.6) is 11.5 Å². The van der Waals surface area contributed by atoms with E-state index >= 15 is 0 Å². The van der Waals surface area contributed by atoms with Crippen molar-refractivity contribution in [3.63, 3.8) is 0 Å². The zero-order chi connectivity index (χ0) is 23.1. The average molecular weight is 451 g/mol. The summed E-state index contributed by atoms with van der Waals surface area (Å²) in [6.07, 6.45) is 4.60. The number of nitrogens with one attached hydrogen (secondary N) is 2. The second-order valence-corrected chi connectivity index (χ2v) is 9.43. The molecule has 33 heavy (non-hydrogen) atoms. The SMILES string of the molecule is CC(Oc1cccc(O)c1-c1cc(C2CCCNC2)c2c(n1)NC(=O)C(C(N)=O)C2)C1CC1. The Morgan fingerprint density at radius 3 is 2.82 bits per heavy atom. The molecule has 3 heterocycles. The molecule has 2 fully saturated rings. The number of benzene rings is 1. The number of primary amides is 1. The molecular formula is C25H30N4O4. The van der Waals surface area contributed by atoms with Crippen LogP contribution in [-0.4, -0.2) is 41.1 Å². The van der Waals surface area contributed by atoms with Gasteiger partial charge in [0.05, 0.1) is 17.4 Å². The fourth-order valence-electron chi connectivity index (χ4n) is 4.99. The number of carbonyl (C=O) groups excluding carboxylic acids is 2. The van der Waals surface area contributed by atoms with Gasteiger partial charge in [-0.2, -0.15) is 0 Å².